The summed E-state index contributed by atoms with van der Waals surface area (Å²) in [6.45, 7) is 6.65. The highest BCUT2D eigenvalue weighted by molar-refractivity contribution is 5.95. The zero-order valence-electron chi connectivity index (χ0n) is 11.9. The molecule has 1 heterocycles. The number of aryl methyl sites for hydroxylation is 2. The molecule has 1 saturated carbocycles. The van der Waals surface area contributed by atoms with Gasteiger partial charge in [0.15, 0.2) is 0 Å². The summed E-state index contributed by atoms with van der Waals surface area (Å²) in [6.07, 6.45) is 4.74. The molecule has 0 saturated heterocycles. The molecule has 0 bridgehead atoms. The van der Waals surface area contributed by atoms with Gasteiger partial charge in [0.25, 0.3) is 0 Å². The van der Waals surface area contributed by atoms with Crippen molar-refractivity contribution in [1.82, 2.24) is 4.98 Å². The molecule has 0 unspecified atom stereocenters. The molecule has 0 aromatic carbocycles. The van der Waals surface area contributed by atoms with Crippen LogP contribution in [0.15, 0.2) is 6.07 Å². The molecule has 1 aliphatic carbocycles. The minimum atomic E-state index is -0.878. The first-order chi connectivity index (χ1) is 9.04. The van der Waals surface area contributed by atoms with Gasteiger partial charge in [-0.15, -0.1) is 0 Å². The maximum Gasteiger partial charge on any atom is 0.339 e. The topological polar surface area (TPSA) is 53.4 Å². The Bertz CT molecular complexity index is 479. The number of anilines is 1. The lowest BCUT2D eigenvalue weighted by Gasteiger charge is -2.30. The third-order valence-electron chi connectivity index (χ3n) is 3.92. The third-order valence-corrected chi connectivity index (χ3v) is 3.92. The molecule has 1 N–H and O–H groups in total. The fraction of sp³-hybridized carbons (Fsp3) is 0.600. The van der Waals surface area contributed by atoms with Gasteiger partial charge in [0.05, 0.1) is 0 Å². The van der Waals surface area contributed by atoms with E-state index in [9.17, 15) is 9.90 Å². The molecule has 1 fully saturated rings. The van der Waals surface area contributed by atoms with Crippen LogP contribution in [0.2, 0.25) is 0 Å². The van der Waals surface area contributed by atoms with Gasteiger partial charge < -0.3 is 10.0 Å². The van der Waals surface area contributed by atoms with Crippen LogP contribution in [0.1, 0.15) is 54.2 Å². The van der Waals surface area contributed by atoms with E-state index in [1.807, 2.05) is 19.9 Å². The number of hydrogen-bond acceptors (Lipinski definition) is 3. The summed E-state index contributed by atoms with van der Waals surface area (Å²) in [5.41, 5.74) is 2.04. The molecule has 104 valence electrons. The summed E-state index contributed by atoms with van der Waals surface area (Å²) in [6, 6.07) is 2.28. The lowest BCUT2D eigenvalue weighted by atomic mass is 10.1. The van der Waals surface area contributed by atoms with Gasteiger partial charge in [-0.2, -0.15) is 0 Å². The van der Waals surface area contributed by atoms with Crippen molar-refractivity contribution in [3.8, 4) is 0 Å². The predicted octanol–water partition coefficient (Wildman–Crippen LogP) is 3.17. The van der Waals surface area contributed by atoms with Gasteiger partial charge >= 0.3 is 5.97 Å². The number of carboxylic acid groups (broad SMARTS) is 1. The molecular weight excluding hydrogens is 240 g/mol. The van der Waals surface area contributed by atoms with Crippen molar-refractivity contribution in [3.63, 3.8) is 0 Å². The van der Waals surface area contributed by atoms with E-state index in [4.69, 9.17) is 0 Å². The number of carboxylic acids is 1. The van der Waals surface area contributed by atoms with E-state index in [-0.39, 0.29) is 0 Å². The van der Waals surface area contributed by atoms with Gasteiger partial charge in [-0.25, -0.2) is 9.78 Å². The van der Waals surface area contributed by atoms with Crippen LogP contribution in [0.25, 0.3) is 0 Å². The molecule has 4 nitrogen and oxygen atoms in total. The Balaban J connectivity index is 2.48. The number of aromatic nitrogens is 1. The van der Waals surface area contributed by atoms with Crippen molar-refractivity contribution in [2.24, 2.45) is 0 Å². The number of aromatic carboxylic acids is 1. The SMILES string of the molecule is CCN(c1nc(C)cc(C)c1C(=O)O)C1CCCC1. The van der Waals surface area contributed by atoms with Crippen molar-refractivity contribution >= 4 is 11.8 Å². The number of carbonyl (C=O) groups is 1. The highest BCUT2D eigenvalue weighted by Gasteiger charge is 2.27. The molecule has 1 aliphatic rings. The smallest absolute Gasteiger partial charge is 0.339 e. The van der Waals surface area contributed by atoms with Crippen LogP contribution in [0.4, 0.5) is 5.82 Å². The van der Waals surface area contributed by atoms with E-state index in [0.717, 1.165) is 30.6 Å². The predicted molar refractivity (Wildman–Crippen MR) is 75.9 cm³/mol. The second kappa shape index (κ2) is 5.59. The Kier molecular flexibility index (Phi) is 4.08. The van der Waals surface area contributed by atoms with Gasteiger partial charge in [-0.3, -0.25) is 0 Å². The average molecular weight is 262 g/mol. The fourth-order valence-electron chi connectivity index (χ4n) is 3.09. The maximum atomic E-state index is 11.5. The molecule has 19 heavy (non-hydrogen) atoms. The van der Waals surface area contributed by atoms with Gasteiger partial charge in [-0.1, -0.05) is 12.8 Å². The Hall–Kier alpha value is -1.58. The van der Waals surface area contributed by atoms with Crippen molar-refractivity contribution in [3.05, 3.63) is 22.9 Å². The van der Waals surface area contributed by atoms with Crippen LogP contribution in [-0.2, 0) is 0 Å². The molecule has 0 aliphatic heterocycles. The Morgan fingerprint density at radius 1 is 1.42 bits per heavy atom. The Morgan fingerprint density at radius 3 is 2.58 bits per heavy atom. The van der Waals surface area contributed by atoms with Crippen LogP contribution in [0.5, 0.6) is 0 Å². The van der Waals surface area contributed by atoms with Crippen molar-refractivity contribution < 1.29 is 9.90 Å². The lowest BCUT2D eigenvalue weighted by molar-refractivity contribution is 0.0696. The molecule has 0 amide bonds. The first kappa shape index (κ1) is 13.8. The second-order valence-electron chi connectivity index (χ2n) is 5.31. The largest absolute Gasteiger partial charge is 0.478 e. The van der Waals surface area contributed by atoms with Crippen molar-refractivity contribution in [1.29, 1.82) is 0 Å². The van der Waals surface area contributed by atoms with Gasteiger partial charge in [0, 0.05) is 18.3 Å². The molecule has 0 atom stereocenters. The summed E-state index contributed by atoms with van der Waals surface area (Å²) in [7, 11) is 0. The van der Waals surface area contributed by atoms with Crippen molar-refractivity contribution in [2.75, 3.05) is 11.4 Å². The molecule has 2 rings (SSSR count). The lowest BCUT2D eigenvalue weighted by Crippen LogP contribution is -2.35. The fourth-order valence-corrected chi connectivity index (χ4v) is 3.09. The van der Waals surface area contributed by atoms with Gasteiger partial charge in [0.1, 0.15) is 11.4 Å². The van der Waals surface area contributed by atoms with Gasteiger partial charge in [0.2, 0.25) is 0 Å². The third kappa shape index (κ3) is 2.72. The maximum absolute atomic E-state index is 11.5. The molecular formula is C15H22N2O2. The summed E-state index contributed by atoms with van der Waals surface area (Å²) in [5, 5.41) is 9.46. The molecule has 1 aromatic heterocycles. The second-order valence-corrected chi connectivity index (χ2v) is 5.31. The molecule has 0 radical (unpaired) electrons. The molecule has 4 heteroatoms. The van der Waals surface area contributed by atoms with Crippen molar-refractivity contribution in [2.45, 2.75) is 52.5 Å². The average Bonchev–Trinajstić information content (AvgIpc) is 2.82. The van der Waals surface area contributed by atoms with E-state index >= 15 is 0 Å². The number of rotatable bonds is 4. The van der Waals surface area contributed by atoms with E-state index in [1.165, 1.54) is 12.8 Å². The Labute approximate surface area is 114 Å². The first-order valence-electron chi connectivity index (χ1n) is 7.02. The summed E-state index contributed by atoms with van der Waals surface area (Å²) in [4.78, 5) is 18.2. The summed E-state index contributed by atoms with van der Waals surface area (Å²) >= 11 is 0. The van der Waals surface area contributed by atoms with E-state index in [0.29, 0.717) is 17.4 Å². The number of nitrogens with zero attached hydrogens (tertiary/aromatic N) is 2. The zero-order valence-corrected chi connectivity index (χ0v) is 11.9. The standard InChI is InChI=1S/C15H22N2O2/c1-4-17(12-7-5-6-8-12)14-13(15(18)19)10(2)9-11(3)16-14/h9,12H,4-8H2,1-3H3,(H,18,19). The highest BCUT2D eigenvalue weighted by Crippen LogP contribution is 2.30. The van der Waals surface area contributed by atoms with Crippen LogP contribution in [0.3, 0.4) is 0 Å². The first-order valence-corrected chi connectivity index (χ1v) is 7.02. The number of hydrogen-bond donors (Lipinski definition) is 1. The summed E-state index contributed by atoms with van der Waals surface area (Å²) < 4.78 is 0. The van der Waals surface area contributed by atoms with Crippen LogP contribution in [-0.4, -0.2) is 28.6 Å². The van der Waals surface area contributed by atoms with E-state index in [1.54, 1.807) is 0 Å². The molecule has 1 aromatic rings. The summed E-state index contributed by atoms with van der Waals surface area (Å²) in [5.74, 6) is -0.226. The van der Waals surface area contributed by atoms with E-state index in [2.05, 4.69) is 16.8 Å². The van der Waals surface area contributed by atoms with E-state index < -0.39 is 5.97 Å². The minimum Gasteiger partial charge on any atom is -0.478 e. The van der Waals surface area contributed by atoms with Crippen LogP contribution in [0, 0.1) is 13.8 Å². The van der Waals surface area contributed by atoms with Gasteiger partial charge in [-0.05, 0) is 45.2 Å². The quantitative estimate of drug-likeness (QED) is 0.905. The molecule has 0 spiro atoms. The zero-order chi connectivity index (χ0) is 14.0. The minimum absolute atomic E-state index is 0.361. The van der Waals surface area contributed by atoms with Crippen LogP contribution >= 0.6 is 0 Å². The van der Waals surface area contributed by atoms with Crippen LogP contribution < -0.4 is 4.90 Å². The highest BCUT2D eigenvalue weighted by atomic mass is 16.4. The number of pyridine rings is 1. The normalized spacial score (nSPS) is 15.7. The monoisotopic (exact) mass is 262 g/mol. The Morgan fingerprint density at radius 2 is 2.05 bits per heavy atom.